The summed E-state index contributed by atoms with van der Waals surface area (Å²) in [6, 6.07) is 8.96. The van der Waals surface area contributed by atoms with E-state index in [2.05, 4.69) is 4.98 Å². The maximum atomic E-state index is 11.4. The van der Waals surface area contributed by atoms with E-state index in [4.69, 9.17) is 16.0 Å². The zero-order chi connectivity index (χ0) is 15.0. The van der Waals surface area contributed by atoms with E-state index < -0.39 is 5.97 Å². The molecule has 0 radical (unpaired) electrons. The average molecular weight is 320 g/mol. The zero-order valence-electron chi connectivity index (χ0n) is 11.0. The van der Waals surface area contributed by atoms with Gasteiger partial charge in [0.15, 0.2) is 11.5 Å². The van der Waals surface area contributed by atoms with Gasteiger partial charge in [0.05, 0.1) is 4.88 Å². The van der Waals surface area contributed by atoms with Gasteiger partial charge < -0.3 is 9.52 Å². The highest BCUT2D eigenvalue weighted by molar-refractivity contribution is 7.13. The fourth-order valence-electron chi connectivity index (χ4n) is 2.01. The van der Waals surface area contributed by atoms with E-state index in [0.29, 0.717) is 16.5 Å². The van der Waals surface area contributed by atoms with Gasteiger partial charge in [-0.05, 0) is 30.0 Å². The van der Waals surface area contributed by atoms with Gasteiger partial charge in [0.1, 0.15) is 0 Å². The highest BCUT2D eigenvalue weighted by Crippen LogP contribution is 2.35. The number of nitrogens with zero attached hydrogens (tertiary/aromatic N) is 1. The van der Waals surface area contributed by atoms with Crippen LogP contribution in [0.4, 0.5) is 0 Å². The van der Waals surface area contributed by atoms with E-state index in [1.165, 1.54) is 11.3 Å². The van der Waals surface area contributed by atoms with E-state index in [1.807, 2.05) is 24.4 Å². The summed E-state index contributed by atoms with van der Waals surface area (Å²) >= 11 is 7.53. The molecule has 21 heavy (non-hydrogen) atoms. The monoisotopic (exact) mass is 319 g/mol. The van der Waals surface area contributed by atoms with Gasteiger partial charge in [0.2, 0.25) is 5.89 Å². The van der Waals surface area contributed by atoms with E-state index in [1.54, 1.807) is 18.2 Å². The van der Waals surface area contributed by atoms with Gasteiger partial charge in [0.25, 0.3) is 0 Å². The summed E-state index contributed by atoms with van der Waals surface area (Å²) < 4.78 is 5.70. The molecule has 0 aliphatic heterocycles. The lowest BCUT2D eigenvalue weighted by atomic mass is 10.1. The third kappa shape index (κ3) is 2.46. The van der Waals surface area contributed by atoms with Crippen molar-refractivity contribution >= 4 is 28.9 Å². The second-order valence-corrected chi connectivity index (χ2v) is 5.75. The van der Waals surface area contributed by atoms with Gasteiger partial charge >= 0.3 is 5.97 Å². The standard InChI is InChI=1S/C15H10ClNO3S/c1-8-9(4-2-5-10(8)16)13-12(15(18)19)17-14(20-13)11-6-3-7-21-11/h2-7H,1H3,(H,18,19). The molecule has 2 aromatic heterocycles. The van der Waals surface area contributed by atoms with Gasteiger partial charge in [0, 0.05) is 10.6 Å². The molecule has 6 heteroatoms. The lowest BCUT2D eigenvalue weighted by Crippen LogP contribution is -1.99. The number of carboxylic acid groups (broad SMARTS) is 1. The number of hydrogen-bond donors (Lipinski definition) is 1. The van der Waals surface area contributed by atoms with Crippen LogP contribution in [0.2, 0.25) is 5.02 Å². The molecule has 0 saturated heterocycles. The molecule has 0 spiro atoms. The van der Waals surface area contributed by atoms with Gasteiger partial charge in [-0.25, -0.2) is 9.78 Å². The minimum absolute atomic E-state index is 0.108. The van der Waals surface area contributed by atoms with Crippen LogP contribution in [0.25, 0.3) is 22.1 Å². The van der Waals surface area contributed by atoms with Crippen LogP contribution in [0, 0.1) is 6.92 Å². The minimum Gasteiger partial charge on any atom is -0.476 e. The number of aromatic nitrogens is 1. The number of benzene rings is 1. The Hall–Kier alpha value is -2.11. The van der Waals surface area contributed by atoms with Crippen molar-refractivity contribution in [2.75, 3.05) is 0 Å². The molecule has 106 valence electrons. The summed E-state index contributed by atoms with van der Waals surface area (Å²) in [7, 11) is 0. The molecule has 0 unspecified atom stereocenters. The normalized spacial score (nSPS) is 10.8. The predicted molar refractivity (Wildman–Crippen MR) is 82.0 cm³/mol. The first-order valence-corrected chi connectivity index (χ1v) is 7.37. The Kier molecular flexibility index (Phi) is 3.53. The largest absolute Gasteiger partial charge is 0.476 e. The Bertz CT molecular complexity index is 808. The van der Waals surface area contributed by atoms with Crippen molar-refractivity contribution in [2.24, 2.45) is 0 Å². The number of halogens is 1. The van der Waals surface area contributed by atoms with Crippen LogP contribution in [0.3, 0.4) is 0 Å². The Morgan fingerprint density at radius 3 is 2.81 bits per heavy atom. The second kappa shape index (κ2) is 5.35. The SMILES string of the molecule is Cc1c(Cl)cccc1-c1oc(-c2cccs2)nc1C(=O)O. The first kappa shape index (κ1) is 13.9. The number of thiophene rings is 1. The van der Waals surface area contributed by atoms with Crippen molar-refractivity contribution < 1.29 is 14.3 Å². The van der Waals surface area contributed by atoms with Crippen LogP contribution < -0.4 is 0 Å². The van der Waals surface area contributed by atoms with Crippen molar-refractivity contribution in [3.05, 3.63) is 52.0 Å². The second-order valence-electron chi connectivity index (χ2n) is 4.39. The number of aromatic carboxylic acids is 1. The first-order valence-electron chi connectivity index (χ1n) is 6.11. The van der Waals surface area contributed by atoms with Crippen molar-refractivity contribution in [3.8, 4) is 22.1 Å². The Morgan fingerprint density at radius 2 is 2.14 bits per heavy atom. The van der Waals surface area contributed by atoms with Gasteiger partial charge in [-0.1, -0.05) is 29.8 Å². The Labute approximate surface area is 129 Å². The van der Waals surface area contributed by atoms with Crippen LogP contribution in [0.1, 0.15) is 16.1 Å². The van der Waals surface area contributed by atoms with Crippen LogP contribution in [-0.4, -0.2) is 16.1 Å². The maximum absolute atomic E-state index is 11.4. The molecule has 0 amide bonds. The summed E-state index contributed by atoms with van der Waals surface area (Å²) in [6.07, 6.45) is 0. The molecule has 0 saturated carbocycles. The van der Waals surface area contributed by atoms with Crippen LogP contribution >= 0.6 is 22.9 Å². The quantitative estimate of drug-likeness (QED) is 0.758. The fraction of sp³-hybridized carbons (Fsp3) is 0.0667. The van der Waals surface area contributed by atoms with E-state index in [9.17, 15) is 9.90 Å². The molecule has 1 aromatic carbocycles. The number of carbonyl (C=O) groups is 1. The Morgan fingerprint density at radius 1 is 1.33 bits per heavy atom. The molecule has 0 aliphatic carbocycles. The number of oxazole rings is 1. The van der Waals surface area contributed by atoms with E-state index >= 15 is 0 Å². The summed E-state index contributed by atoms with van der Waals surface area (Å²) in [4.78, 5) is 16.3. The van der Waals surface area contributed by atoms with Crippen molar-refractivity contribution in [1.29, 1.82) is 0 Å². The van der Waals surface area contributed by atoms with Crippen molar-refractivity contribution in [2.45, 2.75) is 6.92 Å². The van der Waals surface area contributed by atoms with Crippen LogP contribution in [0.15, 0.2) is 40.1 Å². The maximum Gasteiger partial charge on any atom is 0.358 e. The lowest BCUT2D eigenvalue weighted by molar-refractivity contribution is 0.0691. The van der Waals surface area contributed by atoms with E-state index in [-0.39, 0.29) is 11.5 Å². The van der Waals surface area contributed by atoms with E-state index in [0.717, 1.165) is 10.4 Å². The molecular formula is C15H10ClNO3S. The smallest absolute Gasteiger partial charge is 0.358 e. The van der Waals surface area contributed by atoms with Crippen molar-refractivity contribution in [1.82, 2.24) is 4.98 Å². The lowest BCUT2D eigenvalue weighted by Gasteiger charge is -2.04. The Balaban J connectivity index is 2.22. The summed E-state index contributed by atoms with van der Waals surface area (Å²) in [5.74, 6) is -0.599. The number of rotatable bonds is 3. The first-order chi connectivity index (χ1) is 10.1. The van der Waals surface area contributed by atoms with Crippen molar-refractivity contribution in [3.63, 3.8) is 0 Å². The van der Waals surface area contributed by atoms with Gasteiger partial charge in [-0.15, -0.1) is 11.3 Å². The van der Waals surface area contributed by atoms with Crippen LogP contribution in [-0.2, 0) is 0 Å². The molecule has 3 rings (SSSR count). The topological polar surface area (TPSA) is 63.3 Å². The molecule has 0 aliphatic rings. The predicted octanol–water partition coefficient (Wildman–Crippen LogP) is 4.73. The average Bonchev–Trinajstić information content (AvgIpc) is 3.09. The van der Waals surface area contributed by atoms with Gasteiger partial charge in [-0.2, -0.15) is 0 Å². The highest BCUT2D eigenvalue weighted by Gasteiger charge is 2.23. The molecule has 2 heterocycles. The van der Waals surface area contributed by atoms with Gasteiger partial charge in [-0.3, -0.25) is 0 Å². The summed E-state index contributed by atoms with van der Waals surface area (Å²) in [6.45, 7) is 1.82. The highest BCUT2D eigenvalue weighted by atomic mass is 35.5. The minimum atomic E-state index is -1.13. The third-order valence-electron chi connectivity index (χ3n) is 3.07. The molecule has 0 fully saturated rings. The molecule has 3 aromatic rings. The molecular weight excluding hydrogens is 310 g/mol. The molecule has 1 N–H and O–H groups in total. The molecule has 0 atom stereocenters. The molecule has 4 nitrogen and oxygen atoms in total. The zero-order valence-corrected chi connectivity index (χ0v) is 12.5. The fourth-order valence-corrected chi connectivity index (χ4v) is 2.83. The number of carboxylic acids is 1. The van der Waals surface area contributed by atoms with Crippen LogP contribution in [0.5, 0.6) is 0 Å². The number of hydrogen-bond acceptors (Lipinski definition) is 4. The third-order valence-corrected chi connectivity index (χ3v) is 4.34. The summed E-state index contributed by atoms with van der Waals surface area (Å²) in [5, 5.41) is 11.8. The molecule has 0 bridgehead atoms. The summed E-state index contributed by atoms with van der Waals surface area (Å²) in [5.41, 5.74) is 1.29.